The molecule has 9 heteroatoms. The number of carbonyl (C=O) groups excluding carboxylic acids is 1. The number of anilines is 1. The molecule has 1 aliphatic carbocycles. The molecule has 1 amide bonds. The van der Waals surface area contributed by atoms with Crippen LogP contribution in [-0.2, 0) is 14.6 Å². The molecule has 1 aromatic carbocycles. The molecule has 1 aliphatic rings. The first-order valence-corrected chi connectivity index (χ1v) is 8.80. The molecule has 132 valence electrons. The van der Waals surface area contributed by atoms with E-state index in [0.29, 0.717) is 6.42 Å². The Morgan fingerprint density at radius 2 is 1.84 bits per heavy atom. The van der Waals surface area contributed by atoms with Crippen molar-refractivity contribution in [1.82, 2.24) is 4.98 Å². The van der Waals surface area contributed by atoms with Gasteiger partial charge in [0.25, 0.3) is 9.84 Å². The fourth-order valence-electron chi connectivity index (χ4n) is 2.53. The van der Waals surface area contributed by atoms with Gasteiger partial charge in [-0.25, -0.2) is 8.42 Å². The minimum atomic E-state index is -5.39. The van der Waals surface area contributed by atoms with Crippen LogP contribution in [0.1, 0.15) is 17.9 Å². The average molecular weight is 370 g/mol. The number of rotatable bonds is 4. The molecule has 1 heterocycles. The van der Waals surface area contributed by atoms with Gasteiger partial charge in [0.05, 0.1) is 4.90 Å². The van der Waals surface area contributed by atoms with Crippen molar-refractivity contribution in [3.05, 3.63) is 54.4 Å². The van der Waals surface area contributed by atoms with Gasteiger partial charge in [-0.1, -0.05) is 6.07 Å². The number of pyridine rings is 1. The Bertz CT molecular complexity index is 881. The lowest BCUT2D eigenvalue weighted by atomic mass is 10.1. The summed E-state index contributed by atoms with van der Waals surface area (Å²) < 4.78 is 60.0. The predicted molar refractivity (Wildman–Crippen MR) is 83.4 cm³/mol. The summed E-state index contributed by atoms with van der Waals surface area (Å²) in [6.45, 7) is 0. The number of alkyl halides is 3. The van der Waals surface area contributed by atoms with E-state index in [2.05, 4.69) is 10.3 Å². The topological polar surface area (TPSA) is 76.1 Å². The molecule has 1 N–H and O–H groups in total. The van der Waals surface area contributed by atoms with Crippen molar-refractivity contribution in [2.45, 2.75) is 22.7 Å². The largest absolute Gasteiger partial charge is 0.501 e. The molecular formula is C16H13F3N2O3S. The van der Waals surface area contributed by atoms with Gasteiger partial charge in [-0.3, -0.25) is 9.78 Å². The van der Waals surface area contributed by atoms with Gasteiger partial charge in [-0.05, 0) is 48.2 Å². The van der Waals surface area contributed by atoms with Crippen molar-refractivity contribution in [3.63, 3.8) is 0 Å². The van der Waals surface area contributed by atoms with Crippen LogP contribution in [0, 0.1) is 5.92 Å². The third-order valence-electron chi connectivity index (χ3n) is 3.98. The van der Waals surface area contributed by atoms with Crippen LogP contribution in [0.2, 0.25) is 0 Å². The van der Waals surface area contributed by atoms with Crippen molar-refractivity contribution in [3.8, 4) is 0 Å². The van der Waals surface area contributed by atoms with Crippen LogP contribution < -0.4 is 5.32 Å². The van der Waals surface area contributed by atoms with E-state index in [1.807, 2.05) is 6.07 Å². The van der Waals surface area contributed by atoms with Crippen LogP contribution >= 0.6 is 0 Å². The normalized spacial score (nSPS) is 20.1. The number of sulfone groups is 1. The summed E-state index contributed by atoms with van der Waals surface area (Å²) in [7, 11) is -5.39. The Morgan fingerprint density at radius 3 is 2.40 bits per heavy atom. The zero-order chi connectivity index (χ0) is 18.2. The molecule has 1 saturated carbocycles. The lowest BCUT2D eigenvalue weighted by molar-refractivity contribution is -0.117. The highest BCUT2D eigenvalue weighted by Crippen LogP contribution is 2.47. The first-order valence-electron chi connectivity index (χ1n) is 7.32. The Labute approximate surface area is 141 Å². The lowest BCUT2D eigenvalue weighted by Crippen LogP contribution is -2.23. The van der Waals surface area contributed by atoms with Crippen molar-refractivity contribution in [2.24, 2.45) is 5.92 Å². The van der Waals surface area contributed by atoms with Crippen LogP contribution in [-0.4, -0.2) is 24.8 Å². The number of benzene rings is 1. The van der Waals surface area contributed by atoms with Crippen LogP contribution in [0.25, 0.3) is 0 Å². The van der Waals surface area contributed by atoms with Gasteiger partial charge in [0.2, 0.25) is 5.91 Å². The van der Waals surface area contributed by atoms with Crippen LogP contribution in [0.4, 0.5) is 18.9 Å². The van der Waals surface area contributed by atoms with Crippen molar-refractivity contribution >= 4 is 21.4 Å². The van der Waals surface area contributed by atoms with E-state index in [1.165, 1.54) is 0 Å². The molecule has 25 heavy (non-hydrogen) atoms. The number of amides is 1. The van der Waals surface area contributed by atoms with E-state index < -0.39 is 20.2 Å². The Hall–Kier alpha value is -2.42. The number of aromatic nitrogens is 1. The third kappa shape index (κ3) is 3.51. The van der Waals surface area contributed by atoms with E-state index in [4.69, 9.17) is 0 Å². The van der Waals surface area contributed by atoms with E-state index in [1.54, 1.807) is 18.5 Å². The summed E-state index contributed by atoms with van der Waals surface area (Å²) in [6.07, 6.45) is 3.99. The molecule has 2 aromatic rings. The minimum absolute atomic E-state index is 0.0681. The highest BCUT2D eigenvalue weighted by molar-refractivity contribution is 7.92. The second kappa shape index (κ2) is 6.14. The van der Waals surface area contributed by atoms with Gasteiger partial charge in [-0.15, -0.1) is 0 Å². The summed E-state index contributed by atoms with van der Waals surface area (Å²) in [5, 5.41) is 2.59. The quantitative estimate of drug-likeness (QED) is 0.897. The zero-order valence-electron chi connectivity index (χ0n) is 12.7. The minimum Gasteiger partial charge on any atom is -0.326 e. The van der Waals surface area contributed by atoms with Gasteiger partial charge in [0, 0.05) is 24.0 Å². The van der Waals surface area contributed by atoms with Gasteiger partial charge < -0.3 is 5.32 Å². The fourth-order valence-corrected chi connectivity index (χ4v) is 3.30. The SMILES string of the molecule is O=C(Nc1ccc(S(=O)(=O)C(F)(F)F)cc1)[C@H]1C[C@H]1c1cccnc1. The molecular weight excluding hydrogens is 357 g/mol. The summed E-state index contributed by atoms with van der Waals surface area (Å²) in [5.41, 5.74) is -4.17. The molecule has 5 nitrogen and oxygen atoms in total. The van der Waals surface area contributed by atoms with E-state index in [9.17, 15) is 26.4 Å². The Morgan fingerprint density at radius 1 is 1.16 bits per heavy atom. The highest BCUT2D eigenvalue weighted by Gasteiger charge is 2.47. The first-order chi connectivity index (χ1) is 11.7. The molecule has 1 fully saturated rings. The maximum Gasteiger partial charge on any atom is 0.501 e. The molecule has 3 rings (SSSR count). The molecule has 0 saturated heterocycles. The standard InChI is InChI=1S/C16H13F3N2O3S/c17-16(18,19)25(23,24)12-5-3-11(4-6-12)21-15(22)14-8-13(14)10-2-1-7-20-9-10/h1-7,9,13-14H,8H2,(H,21,22)/t13-,14-/m0/s1. The summed E-state index contributed by atoms with van der Waals surface area (Å²) in [6, 6.07) is 7.58. The third-order valence-corrected chi connectivity index (χ3v) is 5.48. The van der Waals surface area contributed by atoms with Gasteiger partial charge in [0.15, 0.2) is 0 Å². The van der Waals surface area contributed by atoms with E-state index in [-0.39, 0.29) is 23.4 Å². The first kappa shape index (κ1) is 17.4. The molecule has 2 atom stereocenters. The number of carbonyl (C=O) groups is 1. The molecule has 0 bridgehead atoms. The van der Waals surface area contributed by atoms with Gasteiger partial charge >= 0.3 is 5.51 Å². The van der Waals surface area contributed by atoms with Crippen molar-refractivity contribution < 1.29 is 26.4 Å². The Balaban J connectivity index is 1.66. The van der Waals surface area contributed by atoms with Crippen molar-refractivity contribution in [2.75, 3.05) is 5.32 Å². The highest BCUT2D eigenvalue weighted by atomic mass is 32.2. The van der Waals surface area contributed by atoms with Gasteiger partial charge in [-0.2, -0.15) is 13.2 Å². The fraction of sp³-hybridized carbons (Fsp3) is 0.250. The molecule has 0 unspecified atom stereocenters. The van der Waals surface area contributed by atoms with Gasteiger partial charge in [0.1, 0.15) is 0 Å². The van der Waals surface area contributed by atoms with E-state index >= 15 is 0 Å². The van der Waals surface area contributed by atoms with Crippen LogP contribution in [0.3, 0.4) is 0 Å². The van der Waals surface area contributed by atoms with Crippen LogP contribution in [0.15, 0.2) is 53.7 Å². The predicted octanol–water partition coefficient (Wildman–Crippen LogP) is 3.12. The van der Waals surface area contributed by atoms with Crippen molar-refractivity contribution in [1.29, 1.82) is 0 Å². The lowest BCUT2D eigenvalue weighted by Gasteiger charge is -2.09. The van der Waals surface area contributed by atoms with E-state index in [0.717, 1.165) is 29.8 Å². The number of nitrogens with zero attached hydrogens (tertiary/aromatic N) is 1. The number of hydrogen-bond donors (Lipinski definition) is 1. The summed E-state index contributed by atoms with van der Waals surface area (Å²) in [5.74, 6) is -0.429. The maximum atomic E-state index is 12.5. The number of halogens is 3. The zero-order valence-corrected chi connectivity index (χ0v) is 13.5. The maximum absolute atomic E-state index is 12.5. The Kier molecular flexibility index (Phi) is 4.28. The molecule has 1 aromatic heterocycles. The summed E-state index contributed by atoms with van der Waals surface area (Å²) >= 11 is 0. The smallest absolute Gasteiger partial charge is 0.326 e. The van der Waals surface area contributed by atoms with Crippen LogP contribution in [0.5, 0.6) is 0 Å². The molecule has 0 radical (unpaired) electrons. The molecule has 0 spiro atoms. The number of nitrogens with one attached hydrogen (secondary N) is 1. The molecule has 0 aliphatic heterocycles. The second-order valence-corrected chi connectivity index (χ2v) is 7.64. The summed E-state index contributed by atoms with van der Waals surface area (Å²) in [4.78, 5) is 15.3. The number of hydrogen-bond acceptors (Lipinski definition) is 4. The monoisotopic (exact) mass is 370 g/mol. The average Bonchev–Trinajstić information content (AvgIpc) is 3.36. The second-order valence-electron chi connectivity index (χ2n) is 5.70.